The van der Waals surface area contributed by atoms with E-state index in [1.165, 1.54) is 4.90 Å². The highest BCUT2D eigenvalue weighted by Crippen LogP contribution is 2.30. The molecule has 23 heavy (non-hydrogen) atoms. The molecule has 1 unspecified atom stereocenters. The van der Waals surface area contributed by atoms with Crippen molar-refractivity contribution in [1.29, 1.82) is 0 Å². The van der Waals surface area contributed by atoms with Crippen LogP contribution >= 0.6 is 0 Å². The van der Waals surface area contributed by atoms with Gasteiger partial charge in [0.1, 0.15) is 6.04 Å². The van der Waals surface area contributed by atoms with Gasteiger partial charge in [-0.15, -0.1) is 4.28 Å². The number of nitrogens with one attached hydrogen (secondary N) is 2. The molecule has 3 saturated heterocycles. The van der Waals surface area contributed by atoms with Crippen LogP contribution in [0.3, 0.4) is 0 Å². The Morgan fingerprint density at radius 2 is 2.13 bits per heavy atom. The summed E-state index contributed by atoms with van der Waals surface area (Å²) in [5, 5.41) is 3.68. The van der Waals surface area contributed by atoms with Gasteiger partial charge in [-0.25, -0.2) is 10.3 Å². The number of nitrogens with zero attached hydrogens (tertiary/aromatic N) is 2. The van der Waals surface area contributed by atoms with E-state index in [4.69, 9.17) is 9.39 Å². The molecule has 2 atom stereocenters. The van der Waals surface area contributed by atoms with Crippen LogP contribution < -0.4 is 10.8 Å². The zero-order valence-corrected chi connectivity index (χ0v) is 13.0. The van der Waals surface area contributed by atoms with E-state index in [0.29, 0.717) is 30.4 Å². The summed E-state index contributed by atoms with van der Waals surface area (Å²) in [6.07, 6.45) is 0.726. The van der Waals surface area contributed by atoms with Crippen molar-refractivity contribution in [2.45, 2.75) is 24.9 Å². The number of rotatable bonds is 6. The summed E-state index contributed by atoms with van der Waals surface area (Å²) in [5.41, 5.74) is 2.33. The smallest absolute Gasteiger partial charge is 0.316 e. The third kappa shape index (κ3) is 3.55. The molecule has 11 nitrogen and oxygen atoms in total. The van der Waals surface area contributed by atoms with Crippen LogP contribution in [0.1, 0.15) is 12.8 Å². The first-order valence-corrected chi connectivity index (χ1v) is 8.61. The largest absolute Gasteiger partial charge is 0.418 e. The molecule has 130 valence electrons. The van der Waals surface area contributed by atoms with Crippen LogP contribution in [0.25, 0.3) is 0 Å². The minimum absolute atomic E-state index is 0.152. The molecule has 0 saturated carbocycles. The summed E-state index contributed by atoms with van der Waals surface area (Å²) >= 11 is 0. The van der Waals surface area contributed by atoms with Crippen LogP contribution in [0.2, 0.25) is 0 Å². The number of urea groups is 1. The van der Waals surface area contributed by atoms with Crippen molar-refractivity contribution >= 4 is 22.3 Å². The Kier molecular flexibility index (Phi) is 4.42. The fourth-order valence-electron chi connectivity index (χ4n) is 2.87. The highest BCUT2D eigenvalue weighted by Gasteiger charge is 2.49. The highest BCUT2D eigenvalue weighted by atomic mass is 32.3. The number of hydrogen-bond acceptors (Lipinski definition) is 7. The zero-order valence-electron chi connectivity index (χ0n) is 12.2. The number of piperidine rings is 1. The maximum Gasteiger partial charge on any atom is 0.418 e. The minimum atomic E-state index is -4.79. The van der Waals surface area contributed by atoms with E-state index in [-0.39, 0.29) is 6.54 Å². The number of hydrogen-bond donors (Lipinski definition) is 3. The van der Waals surface area contributed by atoms with Gasteiger partial charge in [0.15, 0.2) is 0 Å². The quantitative estimate of drug-likeness (QED) is 0.379. The van der Waals surface area contributed by atoms with Gasteiger partial charge in [-0.2, -0.15) is 13.5 Å². The molecule has 12 heteroatoms. The molecular formula is C11H18N4O7S. The van der Waals surface area contributed by atoms with Gasteiger partial charge in [-0.1, -0.05) is 0 Å². The van der Waals surface area contributed by atoms with Crippen molar-refractivity contribution in [3.05, 3.63) is 0 Å². The Morgan fingerprint density at radius 3 is 2.74 bits per heavy atom. The topological polar surface area (TPSA) is 138 Å². The van der Waals surface area contributed by atoms with Crippen molar-refractivity contribution < 1.29 is 31.7 Å². The lowest BCUT2D eigenvalue weighted by Crippen LogP contribution is -2.51. The maximum absolute atomic E-state index is 12.1. The summed E-state index contributed by atoms with van der Waals surface area (Å²) in [6.45, 7) is 2.22. The molecule has 0 radical (unpaired) electrons. The van der Waals surface area contributed by atoms with Gasteiger partial charge in [0.25, 0.3) is 5.91 Å². The molecule has 3 N–H and O–H groups in total. The molecule has 3 amide bonds. The van der Waals surface area contributed by atoms with Crippen LogP contribution in [-0.2, 0) is 24.3 Å². The summed E-state index contributed by atoms with van der Waals surface area (Å²) < 4.78 is 34.6. The van der Waals surface area contributed by atoms with Gasteiger partial charge in [0, 0.05) is 25.6 Å². The lowest BCUT2D eigenvalue weighted by molar-refractivity contribution is -0.140. The average Bonchev–Trinajstić information content (AvgIpc) is 2.65. The Labute approximate surface area is 132 Å². The van der Waals surface area contributed by atoms with Gasteiger partial charge in [0.2, 0.25) is 0 Å². The molecule has 0 aromatic rings. The second-order valence-corrected chi connectivity index (χ2v) is 6.82. The summed E-state index contributed by atoms with van der Waals surface area (Å²) in [7, 11) is -4.79. The van der Waals surface area contributed by atoms with Crippen LogP contribution in [0.5, 0.6) is 0 Å². The summed E-state index contributed by atoms with van der Waals surface area (Å²) in [4.78, 5) is 30.6. The fraction of sp³-hybridized carbons (Fsp3) is 0.818. The SMILES string of the molecule is O=C(NOCC1CNC1)[C@@H]1CCC2CN1C(=O)N2OS(=O)(=O)O. The average molecular weight is 350 g/mol. The Balaban J connectivity index is 1.56. The first-order chi connectivity index (χ1) is 10.8. The van der Waals surface area contributed by atoms with E-state index in [9.17, 15) is 18.0 Å². The first-order valence-electron chi connectivity index (χ1n) is 7.24. The zero-order chi connectivity index (χ0) is 16.6. The molecule has 3 aliphatic rings. The fourth-order valence-corrected chi connectivity index (χ4v) is 3.26. The van der Waals surface area contributed by atoms with Crippen LogP contribution in [0.4, 0.5) is 4.79 Å². The number of amides is 3. The second-order valence-electron chi connectivity index (χ2n) is 5.81. The number of carbonyl (C=O) groups excluding carboxylic acids is 2. The van der Waals surface area contributed by atoms with E-state index < -0.39 is 34.4 Å². The standard InChI is InChI=1S/C11H18N4O7S/c16-10(13-21-6-7-3-12-4-7)9-2-1-8-5-14(9)11(17)15(8)22-23(18,19)20/h7-9,12H,1-6H2,(H,13,16)(H,18,19,20)/t8?,9-/m0/s1. The third-order valence-corrected chi connectivity index (χ3v) is 4.51. The normalized spacial score (nSPS) is 28.0. The predicted molar refractivity (Wildman–Crippen MR) is 73.8 cm³/mol. The van der Waals surface area contributed by atoms with Gasteiger partial charge >= 0.3 is 16.4 Å². The molecule has 0 aromatic carbocycles. The van der Waals surface area contributed by atoms with E-state index in [1.54, 1.807) is 0 Å². The maximum atomic E-state index is 12.1. The van der Waals surface area contributed by atoms with Crippen LogP contribution in [0, 0.1) is 5.92 Å². The molecule has 0 spiro atoms. The number of fused-ring (bicyclic) bond motifs is 2. The molecule has 3 rings (SSSR count). The van der Waals surface area contributed by atoms with Gasteiger partial charge in [0.05, 0.1) is 12.6 Å². The first kappa shape index (κ1) is 16.4. The molecule has 3 fully saturated rings. The molecule has 0 aromatic heterocycles. The van der Waals surface area contributed by atoms with Crippen molar-refractivity contribution in [2.75, 3.05) is 26.2 Å². The minimum Gasteiger partial charge on any atom is -0.316 e. The molecule has 2 bridgehead atoms. The van der Waals surface area contributed by atoms with E-state index in [1.807, 2.05) is 0 Å². The van der Waals surface area contributed by atoms with Crippen molar-refractivity contribution in [1.82, 2.24) is 20.8 Å². The lowest BCUT2D eigenvalue weighted by Gasteiger charge is -2.30. The lowest BCUT2D eigenvalue weighted by atomic mass is 10.0. The van der Waals surface area contributed by atoms with Crippen LogP contribution in [0.15, 0.2) is 0 Å². The van der Waals surface area contributed by atoms with Gasteiger partial charge < -0.3 is 10.2 Å². The van der Waals surface area contributed by atoms with Gasteiger partial charge in [-0.3, -0.25) is 14.2 Å². The molecule has 3 heterocycles. The second kappa shape index (κ2) is 6.20. The Morgan fingerprint density at radius 1 is 1.39 bits per heavy atom. The summed E-state index contributed by atoms with van der Waals surface area (Å²) in [6, 6.07) is -2.04. The Bertz CT molecular complexity index is 593. The number of hydroxylamine groups is 3. The van der Waals surface area contributed by atoms with E-state index in [2.05, 4.69) is 15.1 Å². The monoisotopic (exact) mass is 350 g/mol. The number of carbonyl (C=O) groups is 2. The predicted octanol–water partition coefficient (Wildman–Crippen LogP) is -1.74. The van der Waals surface area contributed by atoms with E-state index >= 15 is 0 Å². The van der Waals surface area contributed by atoms with Crippen LogP contribution in [-0.4, -0.2) is 73.2 Å². The van der Waals surface area contributed by atoms with Gasteiger partial charge in [-0.05, 0) is 12.8 Å². The third-order valence-electron chi connectivity index (χ3n) is 4.16. The van der Waals surface area contributed by atoms with Crippen molar-refractivity contribution in [3.63, 3.8) is 0 Å². The molecule has 3 aliphatic heterocycles. The Hall–Kier alpha value is -1.47. The summed E-state index contributed by atoms with van der Waals surface area (Å²) in [5.74, 6) is -0.101. The van der Waals surface area contributed by atoms with E-state index in [0.717, 1.165) is 13.1 Å². The van der Waals surface area contributed by atoms with Crippen molar-refractivity contribution in [2.24, 2.45) is 5.92 Å². The molecular weight excluding hydrogens is 332 g/mol. The molecule has 0 aliphatic carbocycles. The highest BCUT2D eigenvalue weighted by molar-refractivity contribution is 7.80. The van der Waals surface area contributed by atoms with Crippen molar-refractivity contribution in [3.8, 4) is 0 Å².